The van der Waals surface area contributed by atoms with E-state index < -0.39 is 7.82 Å². The van der Waals surface area contributed by atoms with Gasteiger partial charge in [0.15, 0.2) is 64.3 Å². The summed E-state index contributed by atoms with van der Waals surface area (Å²) in [5.74, 6) is 0. The Morgan fingerprint density at radius 1 is 0.109 bits per heavy atom. The molecular weight excluding hydrogens is 2650 g/mol. The summed E-state index contributed by atoms with van der Waals surface area (Å²) in [5.41, 5.74) is 0. The van der Waals surface area contributed by atoms with Crippen molar-refractivity contribution in [2.24, 2.45) is 0 Å². The first-order valence-electron chi connectivity index (χ1n) is 38.5. The molecule has 18 aromatic carbocycles. The van der Waals surface area contributed by atoms with E-state index in [1.165, 1.54) is 64.3 Å². The Morgan fingerprint density at radius 3 is 0.188 bits per heavy atom. The standard InChI is InChI=1S/9C12H10I.6FH.H3O4P/c9*1-3-7-11(8-4-1)13-12-9-5-2-6-10-12;;;;;;;1-5(2,3)4/h9*1-10H;6*1H;(H3,1,2,3,4)/q9*+1;;;;;;;/p-9. The Labute approximate surface area is 844 Å². The van der Waals surface area contributed by atoms with Crippen LogP contribution in [-0.2, 0) is 4.57 Å². The number of hydrogen-bond donors (Lipinski definition) is 0. The highest BCUT2D eigenvalue weighted by Gasteiger charge is 2.20. The van der Waals surface area contributed by atoms with Crippen LogP contribution < -0.4 is 234 Å². The zero-order chi connectivity index (χ0) is 84.9. The third-order valence-electron chi connectivity index (χ3n) is 15.2. The topological polar surface area (TPSA) is 86.2 Å². The fourth-order valence-corrected chi connectivity index (χ4v) is 30.2. The van der Waals surface area contributed by atoms with Gasteiger partial charge in [-0.2, -0.15) is 7.82 Å². The van der Waals surface area contributed by atoms with E-state index in [0.29, 0.717) is 0 Å². The van der Waals surface area contributed by atoms with E-state index in [9.17, 15) is 0 Å². The van der Waals surface area contributed by atoms with Crippen molar-refractivity contribution in [1.29, 1.82) is 0 Å². The highest BCUT2D eigenvalue weighted by molar-refractivity contribution is 7.40. The van der Waals surface area contributed by atoms with Gasteiger partial charge in [-0.15, -0.1) is 0 Å². The lowest BCUT2D eigenvalue weighted by Gasteiger charge is -2.36. The van der Waals surface area contributed by atoms with Gasteiger partial charge in [0, 0.05) is 0 Å². The average Bonchev–Trinajstić information content (AvgIpc) is 0.957. The normalized spacial score (nSPS) is 9.46. The molecule has 128 heavy (non-hydrogen) atoms. The summed E-state index contributed by atoms with van der Waals surface area (Å²) in [4.78, 5) is 25.6. The molecule has 0 N–H and O–H groups in total. The zero-order valence-electron chi connectivity index (χ0n) is 68.7. The summed E-state index contributed by atoms with van der Waals surface area (Å²) in [6, 6.07) is 193. The molecule has 0 saturated carbocycles. The molecule has 0 saturated heterocycles. The quantitative estimate of drug-likeness (QED) is 0.0487. The zero-order valence-corrected chi connectivity index (χ0v) is 89.0. The Hall–Kier alpha value is -7.78. The molecule has 0 atom stereocenters. The van der Waals surface area contributed by atoms with Crippen molar-refractivity contribution >= 4 is 7.82 Å². The van der Waals surface area contributed by atoms with Gasteiger partial charge < -0.3 is 47.5 Å². The second-order valence-corrected chi connectivity index (χ2v) is 52.8. The maximum Gasteiger partial charge on any atom is 0.357 e. The van der Waals surface area contributed by atoms with Crippen LogP contribution in [0.15, 0.2) is 546 Å². The van der Waals surface area contributed by atoms with Crippen molar-refractivity contribution < 1.29 is 238 Å². The van der Waals surface area contributed by atoms with Gasteiger partial charge in [0.25, 0.3) is 0 Å². The van der Waals surface area contributed by atoms with Gasteiger partial charge in [-0.3, -0.25) is 0 Å². The number of phosphoric acid groups is 1. The molecule has 656 valence electrons. The van der Waals surface area contributed by atoms with E-state index in [1.807, 2.05) is 0 Å². The van der Waals surface area contributed by atoms with E-state index in [4.69, 9.17) is 19.2 Å². The molecule has 0 aromatic heterocycles. The van der Waals surface area contributed by atoms with Crippen molar-refractivity contribution in [1.82, 2.24) is 0 Å². The van der Waals surface area contributed by atoms with Crippen LogP contribution in [0.4, 0.5) is 0 Å². The minimum atomic E-state index is -5.39. The first-order chi connectivity index (χ1) is 60.0. The van der Waals surface area contributed by atoms with Crippen LogP contribution in [0.1, 0.15) is 0 Å². The molecule has 0 radical (unpaired) electrons. The van der Waals surface area contributed by atoms with Crippen molar-refractivity contribution in [2.75, 3.05) is 0 Å². The van der Waals surface area contributed by atoms with Crippen molar-refractivity contribution in [2.45, 2.75) is 0 Å². The lowest BCUT2D eigenvalue weighted by Crippen LogP contribution is -3.61. The highest BCUT2D eigenvalue weighted by atomic mass is 127. The van der Waals surface area contributed by atoms with E-state index in [1.54, 1.807) is 0 Å². The molecule has 18 aromatic rings. The van der Waals surface area contributed by atoms with Crippen molar-refractivity contribution in [3.63, 3.8) is 0 Å². The first-order valence-corrected chi connectivity index (χ1v) is 59.4. The number of rotatable bonds is 18. The average molecular weight is 2740 g/mol. The van der Waals surface area contributed by atoms with E-state index in [0.717, 1.165) is 0 Å². The summed E-state index contributed by atoms with van der Waals surface area (Å²) in [7, 11) is -5.39. The number of hydrogen-bond acceptors (Lipinski definition) is 4. The second-order valence-electron chi connectivity index (χ2n) is 24.6. The third-order valence-corrected chi connectivity index (χ3v) is 39.3. The van der Waals surface area contributed by atoms with Crippen LogP contribution in [0.5, 0.6) is 0 Å². The second kappa shape index (κ2) is 72.9. The van der Waals surface area contributed by atoms with Crippen LogP contribution in [0.25, 0.3) is 0 Å². The Kier molecular flexibility index (Phi) is 65.1. The summed E-state index contributed by atoms with van der Waals surface area (Å²) in [6.07, 6.45) is 0. The summed E-state index contributed by atoms with van der Waals surface area (Å²) >= 11 is 0.258. The van der Waals surface area contributed by atoms with Gasteiger partial charge in [-0.05, 0) is 218 Å². The number of benzene rings is 18. The van der Waals surface area contributed by atoms with Crippen molar-refractivity contribution in [3.8, 4) is 0 Å². The largest absolute Gasteiger partial charge is 1.00 e. The fourth-order valence-electron chi connectivity index (χ4n) is 9.73. The molecule has 0 bridgehead atoms. The summed E-state index contributed by atoms with van der Waals surface area (Å²) in [5, 5.41) is 0. The van der Waals surface area contributed by atoms with E-state index in [-0.39, 0.29) is 219 Å². The maximum absolute atomic E-state index is 8.55. The highest BCUT2D eigenvalue weighted by Crippen LogP contribution is 2.03. The Bertz CT molecular complexity index is 4190. The Balaban J connectivity index is 0.000000367. The predicted molar refractivity (Wildman–Crippen MR) is 460 cm³/mol. The van der Waals surface area contributed by atoms with Crippen LogP contribution in [0.2, 0.25) is 0 Å². The molecule has 0 aliphatic heterocycles. The lowest BCUT2D eigenvalue weighted by atomic mass is 10.4. The SMILES string of the molecule is O=P([O-])([O-])[O-].[F-].[F-].[F-].[F-].[F-].[F-].c1ccc([I+]c2ccccc2)cc1.c1ccc([I+]c2ccccc2)cc1.c1ccc([I+]c2ccccc2)cc1.c1ccc([I+]c2ccccc2)cc1.c1ccc([I+]c2ccccc2)cc1.c1ccc([I+]c2ccccc2)cc1.c1ccc([I+]c2ccccc2)cc1.c1ccc([I+]c2ccccc2)cc1.c1ccc([I+]c2ccccc2)cc1. The minimum absolute atomic E-state index is 0. The molecule has 20 heteroatoms. The summed E-state index contributed by atoms with van der Waals surface area (Å²) < 4.78 is 35.2. The van der Waals surface area contributed by atoms with Gasteiger partial charge >= 0.3 is 191 Å². The first kappa shape index (κ1) is 114. The molecule has 0 spiro atoms. The van der Waals surface area contributed by atoms with Gasteiger partial charge in [-0.25, -0.2) is 0 Å². The molecule has 0 heterocycles. The van der Waals surface area contributed by atoms with E-state index in [2.05, 4.69) is 546 Å². The van der Waals surface area contributed by atoms with E-state index >= 15 is 0 Å². The predicted octanol–water partition coefficient (Wildman–Crippen LogP) is -22.5. The third kappa shape index (κ3) is 54.8. The fraction of sp³-hybridized carbons (Fsp3) is 0. The van der Waals surface area contributed by atoms with Gasteiger partial charge in [0.1, 0.15) is 0 Å². The summed E-state index contributed by atoms with van der Waals surface area (Å²) in [6.45, 7) is 0. The molecule has 0 unspecified atom stereocenters. The molecule has 18 rings (SSSR count). The van der Waals surface area contributed by atoms with Gasteiger partial charge in [-0.1, -0.05) is 328 Å². The number of halogens is 15. The molecule has 0 aliphatic rings. The van der Waals surface area contributed by atoms with Gasteiger partial charge in [0.2, 0.25) is 0 Å². The maximum atomic E-state index is 8.55. The molecule has 0 aliphatic carbocycles. The van der Waals surface area contributed by atoms with Crippen molar-refractivity contribution in [3.05, 3.63) is 610 Å². The monoisotopic (exact) mass is 2740 g/mol. The Morgan fingerprint density at radius 2 is 0.148 bits per heavy atom. The molecular formula is C108H90F6I9O4P. The molecule has 0 fully saturated rings. The van der Waals surface area contributed by atoms with Crippen LogP contribution >= 0.6 is 7.82 Å². The lowest BCUT2D eigenvalue weighted by molar-refractivity contribution is -0.597. The smallest absolute Gasteiger partial charge is 0.357 e. The molecule has 0 amide bonds. The minimum Gasteiger partial charge on any atom is -1.00 e. The van der Waals surface area contributed by atoms with Crippen LogP contribution in [-0.4, -0.2) is 0 Å². The van der Waals surface area contributed by atoms with Gasteiger partial charge in [0.05, 0.1) is 0 Å². The van der Waals surface area contributed by atoms with Crippen LogP contribution in [0.3, 0.4) is 0 Å². The van der Waals surface area contributed by atoms with Crippen LogP contribution in [0, 0.1) is 64.3 Å². The molecule has 4 nitrogen and oxygen atoms in total.